The number of halogens is 3. The summed E-state index contributed by atoms with van der Waals surface area (Å²) in [5.41, 5.74) is 2.50. The van der Waals surface area contributed by atoms with E-state index < -0.39 is 16.1 Å². The predicted molar refractivity (Wildman–Crippen MR) is 172 cm³/mol. The highest BCUT2D eigenvalue weighted by atomic mass is 35.5. The molecule has 0 saturated carbocycles. The maximum Gasteiger partial charge on any atom is 0.243 e. The van der Waals surface area contributed by atoms with E-state index in [-0.39, 0.29) is 44.2 Å². The number of anilines is 1. The fraction of sp³-hybridized carbons (Fsp3) is 0.355. The molecule has 0 aliphatic heterocycles. The Hall–Kier alpha value is -2.78. The highest BCUT2D eigenvalue weighted by Crippen LogP contribution is 2.30. The minimum atomic E-state index is -3.67. The Morgan fingerprint density at radius 2 is 1.52 bits per heavy atom. The summed E-state index contributed by atoms with van der Waals surface area (Å²) in [6.45, 7) is 4.23. The minimum Gasteiger partial charge on any atom is -0.354 e. The van der Waals surface area contributed by atoms with E-state index in [0.717, 1.165) is 18.2 Å². The third-order valence-electron chi connectivity index (χ3n) is 6.87. The summed E-state index contributed by atoms with van der Waals surface area (Å²) < 4.78 is 26.7. The third kappa shape index (κ3) is 9.11. The first-order chi connectivity index (χ1) is 19.9. The SMILES string of the molecule is CCCNC(=O)[C@@H](Cc1ccccc1)N(Cc1c(Cl)cccc1Cl)C(=O)CCCN(c1cccc(Cl)c1C)S(C)(=O)=O. The molecule has 0 spiro atoms. The van der Waals surface area contributed by atoms with Gasteiger partial charge in [-0.15, -0.1) is 0 Å². The molecule has 2 amide bonds. The van der Waals surface area contributed by atoms with E-state index in [2.05, 4.69) is 5.32 Å². The van der Waals surface area contributed by atoms with E-state index in [0.29, 0.717) is 38.4 Å². The van der Waals surface area contributed by atoms with Gasteiger partial charge in [-0.2, -0.15) is 0 Å². The molecule has 3 aromatic rings. The smallest absolute Gasteiger partial charge is 0.243 e. The molecule has 0 unspecified atom stereocenters. The third-order valence-corrected chi connectivity index (χ3v) is 9.17. The first-order valence-electron chi connectivity index (χ1n) is 13.7. The monoisotopic (exact) mass is 651 g/mol. The van der Waals surface area contributed by atoms with Crippen molar-refractivity contribution < 1.29 is 18.0 Å². The highest BCUT2D eigenvalue weighted by molar-refractivity contribution is 7.92. The van der Waals surface area contributed by atoms with Gasteiger partial charge in [0.2, 0.25) is 21.8 Å². The second kappa shape index (κ2) is 15.6. The summed E-state index contributed by atoms with van der Waals surface area (Å²) in [4.78, 5) is 28.9. The lowest BCUT2D eigenvalue weighted by Gasteiger charge is -2.32. The number of amides is 2. The molecule has 11 heteroatoms. The van der Waals surface area contributed by atoms with Gasteiger partial charge in [0, 0.05) is 53.1 Å². The van der Waals surface area contributed by atoms with Gasteiger partial charge >= 0.3 is 0 Å². The van der Waals surface area contributed by atoms with Crippen LogP contribution in [0.25, 0.3) is 0 Å². The fourth-order valence-electron chi connectivity index (χ4n) is 4.62. The van der Waals surface area contributed by atoms with Crippen LogP contribution in [-0.2, 0) is 32.6 Å². The summed E-state index contributed by atoms with van der Waals surface area (Å²) in [5.74, 6) is -0.612. The van der Waals surface area contributed by atoms with Gasteiger partial charge in [-0.3, -0.25) is 13.9 Å². The Bertz CT molecular complexity index is 1470. The average molecular weight is 653 g/mol. The van der Waals surface area contributed by atoms with Crippen LogP contribution in [-0.4, -0.2) is 50.5 Å². The Morgan fingerprint density at radius 3 is 2.14 bits per heavy atom. The Labute approximate surface area is 263 Å². The van der Waals surface area contributed by atoms with E-state index in [4.69, 9.17) is 34.8 Å². The Balaban J connectivity index is 1.93. The van der Waals surface area contributed by atoms with Crippen molar-refractivity contribution in [1.82, 2.24) is 10.2 Å². The maximum absolute atomic E-state index is 13.9. The van der Waals surface area contributed by atoms with Crippen molar-refractivity contribution in [2.75, 3.05) is 23.7 Å². The van der Waals surface area contributed by atoms with Crippen molar-refractivity contribution in [2.24, 2.45) is 0 Å². The van der Waals surface area contributed by atoms with E-state index in [1.54, 1.807) is 43.3 Å². The largest absolute Gasteiger partial charge is 0.354 e. The molecular weight excluding hydrogens is 617 g/mol. The molecule has 0 saturated heterocycles. The lowest BCUT2D eigenvalue weighted by molar-refractivity contribution is -0.141. The number of carbonyl (C=O) groups excluding carboxylic acids is 2. The van der Waals surface area contributed by atoms with Crippen LogP contribution in [0.2, 0.25) is 15.1 Å². The Kier molecular flexibility index (Phi) is 12.5. The first kappa shape index (κ1) is 33.7. The van der Waals surface area contributed by atoms with Crippen molar-refractivity contribution >= 4 is 62.3 Å². The quantitative estimate of drug-likeness (QED) is 0.211. The predicted octanol–water partition coefficient (Wildman–Crippen LogP) is 6.67. The van der Waals surface area contributed by atoms with Gasteiger partial charge in [-0.1, -0.05) is 84.2 Å². The van der Waals surface area contributed by atoms with Crippen LogP contribution in [0.15, 0.2) is 66.7 Å². The molecule has 7 nitrogen and oxygen atoms in total. The molecule has 226 valence electrons. The topological polar surface area (TPSA) is 86.8 Å². The van der Waals surface area contributed by atoms with Crippen LogP contribution >= 0.6 is 34.8 Å². The van der Waals surface area contributed by atoms with Gasteiger partial charge in [-0.05, 0) is 55.2 Å². The standard InChI is InChI=1S/C31H36Cl3N3O4S/c1-4-18-35-31(39)29(20-23-11-6-5-7-12-23)36(21-24-26(33)14-8-15-27(24)34)30(38)17-10-19-37(42(3,40)41)28-16-9-13-25(32)22(28)2/h5-9,11-16,29H,4,10,17-21H2,1-3H3,(H,35,39)/t29-/m1/s1. The fourth-order valence-corrected chi connectivity index (χ4v) is 6.32. The first-order valence-corrected chi connectivity index (χ1v) is 16.7. The van der Waals surface area contributed by atoms with Gasteiger partial charge in [0.1, 0.15) is 6.04 Å². The molecule has 0 fully saturated rings. The zero-order valence-corrected chi connectivity index (χ0v) is 27.0. The number of sulfonamides is 1. The van der Waals surface area contributed by atoms with Crippen molar-refractivity contribution in [3.8, 4) is 0 Å². The van der Waals surface area contributed by atoms with Crippen LogP contribution in [0.1, 0.15) is 42.9 Å². The molecule has 42 heavy (non-hydrogen) atoms. The molecule has 0 aliphatic carbocycles. The van der Waals surface area contributed by atoms with Crippen LogP contribution in [0.4, 0.5) is 5.69 Å². The molecule has 0 bridgehead atoms. The van der Waals surface area contributed by atoms with E-state index >= 15 is 0 Å². The second-order valence-corrected chi connectivity index (χ2v) is 13.2. The number of benzene rings is 3. The summed E-state index contributed by atoms with van der Waals surface area (Å²) in [5, 5.41) is 4.14. The van der Waals surface area contributed by atoms with Crippen molar-refractivity contribution in [1.29, 1.82) is 0 Å². The minimum absolute atomic E-state index is 0.0115. The molecule has 1 N–H and O–H groups in total. The summed E-state index contributed by atoms with van der Waals surface area (Å²) in [7, 11) is -3.67. The Morgan fingerprint density at radius 1 is 0.905 bits per heavy atom. The van der Waals surface area contributed by atoms with Crippen molar-refractivity contribution in [3.05, 3.63) is 98.5 Å². The number of nitrogens with zero attached hydrogens (tertiary/aromatic N) is 2. The summed E-state index contributed by atoms with van der Waals surface area (Å²) in [6.07, 6.45) is 2.33. The highest BCUT2D eigenvalue weighted by Gasteiger charge is 2.31. The molecule has 1 atom stereocenters. The molecule has 0 radical (unpaired) electrons. The molecular formula is C31H36Cl3N3O4S. The van der Waals surface area contributed by atoms with Crippen LogP contribution < -0.4 is 9.62 Å². The number of rotatable bonds is 14. The molecule has 0 heterocycles. The van der Waals surface area contributed by atoms with Gasteiger partial charge in [0.05, 0.1) is 11.9 Å². The van der Waals surface area contributed by atoms with Crippen molar-refractivity contribution in [2.45, 2.75) is 52.1 Å². The van der Waals surface area contributed by atoms with Gasteiger partial charge in [0.25, 0.3) is 0 Å². The number of hydrogen-bond donors (Lipinski definition) is 1. The molecule has 0 aromatic heterocycles. The van der Waals surface area contributed by atoms with E-state index in [9.17, 15) is 18.0 Å². The van der Waals surface area contributed by atoms with Crippen molar-refractivity contribution in [3.63, 3.8) is 0 Å². The van der Waals surface area contributed by atoms with Gasteiger partial charge in [0.15, 0.2) is 0 Å². The maximum atomic E-state index is 13.9. The zero-order valence-electron chi connectivity index (χ0n) is 23.9. The van der Waals surface area contributed by atoms with E-state index in [1.807, 2.05) is 37.3 Å². The second-order valence-electron chi connectivity index (χ2n) is 10.0. The summed E-state index contributed by atoms with van der Waals surface area (Å²) in [6, 6.07) is 18.8. The van der Waals surface area contributed by atoms with Gasteiger partial charge in [-0.25, -0.2) is 8.42 Å². The van der Waals surface area contributed by atoms with Gasteiger partial charge < -0.3 is 10.2 Å². The number of hydrogen-bond acceptors (Lipinski definition) is 4. The lowest BCUT2D eigenvalue weighted by Crippen LogP contribution is -2.50. The van der Waals surface area contributed by atoms with Crippen LogP contribution in [0.3, 0.4) is 0 Å². The van der Waals surface area contributed by atoms with E-state index in [1.165, 1.54) is 9.21 Å². The molecule has 3 aromatic carbocycles. The van der Waals surface area contributed by atoms with Crippen LogP contribution in [0, 0.1) is 6.92 Å². The van der Waals surface area contributed by atoms with Crippen LogP contribution in [0.5, 0.6) is 0 Å². The molecule has 0 aliphatic rings. The number of nitrogens with one attached hydrogen (secondary N) is 1. The summed E-state index contributed by atoms with van der Waals surface area (Å²) >= 11 is 19.2. The zero-order chi connectivity index (χ0) is 30.9. The lowest BCUT2D eigenvalue weighted by atomic mass is 10.0. The molecule has 3 rings (SSSR count). The normalized spacial score (nSPS) is 12.0. The average Bonchev–Trinajstić information content (AvgIpc) is 2.94. The number of carbonyl (C=O) groups is 2.